The van der Waals surface area contributed by atoms with Gasteiger partial charge >= 0.3 is 11.9 Å². The van der Waals surface area contributed by atoms with Gasteiger partial charge in [0.2, 0.25) is 0 Å². The normalized spacial score (nSPS) is 18.8. The molecular formula is C15H20O5. The maximum absolute atomic E-state index is 12.2. The fourth-order valence-electron chi connectivity index (χ4n) is 2.74. The van der Waals surface area contributed by atoms with Gasteiger partial charge in [0.05, 0.1) is 14.2 Å². The maximum atomic E-state index is 12.2. The lowest BCUT2D eigenvalue weighted by atomic mass is 9.66. The van der Waals surface area contributed by atoms with Crippen molar-refractivity contribution in [3.8, 4) is 11.8 Å². The van der Waals surface area contributed by atoms with Crippen molar-refractivity contribution >= 4 is 17.7 Å². The number of hydrogen-bond acceptors (Lipinski definition) is 5. The molecule has 1 fully saturated rings. The molecule has 0 radical (unpaired) electrons. The standard InChI is InChI=1S/C15H20O5/c1-4-5-9-15(13(17)19-2,14(18)20-3)11-7-6-8-12(16)10-11/h11H,6-10H2,1-3H3. The fraction of sp³-hybridized carbons (Fsp3) is 0.667. The smallest absolute Gasteiger partial charge is 0.324 e. The van der Waals surface area contributed by atoms with Crippen molar-refractivity contribution in [2.45, 2.75) is 39.0 Å². The molecule has 0 aromatic carbocycles. The van der Waals surface area contributed by atoms with Gasteiger partial charge in [0.15, 0.2) is 5.41 Å². The highest BCUT2D eigenvalue weighted by Crippen LogP contribution is 2.42. The fourth-order valence-corrected chi connectivity index (χ4v) is 2.74. The summed E-state index contributed by atoms with van der Waals surface area (Å²) in [6.07, 6.45) is 1.98. The van der Waals surface area contributed by atoms with Crippen LogP contribution in [0, 0.1) is 23.2 Å². The summed E-state index contributed by atoms with van der Waals surface area (Å²) in [4.78, 5) is 36.2. The first-order valence-electron chi connectivity index (χ1n) is 6.61. The molecule has 0 amide bonds. The largest absolute Gasteiger partial charge is 0.468 e. The molecule has 1 atom stereocenters. The van der Waals surface area contributed by atoms with E-state index in [1.807, 2.05) is 0 Å². The van der Waals surface area contributed by atoms with Crippen LogP contribution >= 0.6 is 0 Å². The van der Waals surface area contributed by atoms with Gasteiger partial charge in [-0.25, -0.2) is 0 Å². The molecule has 0 saturated heterocycles. The van der Waals surface area contributed by atoms with Gasteiger partial charge in [-0.3, -0.25) is 14.4 Å². The highest BCUT2D eigenvalue weighted by molar-refractivity contribution is 6.01. The molecule has 5 nitrogen and oxygen atoms in total. The Morgan fingerprint density at radius 2 is 1.90 bits per heavy atom. The number of Topliss-reactive ketones (excluding diaryl/α,β-unsaturated/α-hetero) is 1. The van der Waals surface area contributed by atoms with Crippen LogP contribution in [0.15, 0.2) is 0 Å². The van der Waals surface area contributed by atoms with Crippen molar-refractivity contribution in [1.82, 2.24) is 0 Å². The minimum absolute atomic E-state index is 0.0147. The Labute approximate surface area is 119 Å². The average molecular weight is 280 g/mol. The molecule has 0 N–H and O–H groups in total. The van der Waals surface area contributed by atoms with E-state index in [2.05, 4.69) is 11.8 Å². The Bertz CT molecular complexity index is 439. The summed E-state index contributed by atoms with van der Waals surface area (Å²) in [6, 6.07) is 0. The quantitative estimate of drug-likeness (QED) is 0.443. The molecule has 0 aromatic heterocycles. The lowest BCUT2D eigenvalue weighted by Crippen LogP contribution is -2.48. The van der Waals surface area contributed by atoms with E-state index in [0.717, 1.165) is 0 Å². The van der Waals surface area contributed by atoms with E-state index < -0.39 is 23.3 Å². The molecule has 0 heterocycles. The van der Waals surface area contributed by atoms with E-state index in [1.165, 1.54) is 14.2 Å². The van der Waals surface area contributed by atoms with Crippen LogP contribution in [0.3, 0.4) is 0 Å². The van der Waals surface area contributed by atoms with Crippen molar-refractivity contribution < 1.29 is 23.9 Å². The van der Waals surface area contributed by atoms with Gasteiger partial charge in [-0.1, -0.05) is 0 Å². The van der Waals surface area contributed by atoms with E-state index in [4.69, 9.17) is 9.47 Å². The van der Waals surface area contributed by atoms with E-state index in [-0.39, 0.29) is 18.6 Å². The molecule has 0 bridgehead atoms. The van der Waals surface area contributed by atoms with Gasteiger partial charge < -0.3 is 9.47 Å². The van der Waals surface area contributed by atoms with E-state index in [9.17, 15) is 14.4 Å². The summed E-state index contributed by atoms with van der Waals surface area (Å²) < 4.78 is 9.61. The highest BCUT2D eigenvalue weighted by Gasteiger charge is 2.54. The zero-order valence-corrected chi connectivity index (χ0v) is 12.2. The molecule has 1 saturated carbocycles. The molecule has 110 valence electrons. The van der Waals surface area contributed by atoms with Crippen LogP contribution in [-0.2, 0) is 23.9 Å². The molecule has 5 heteroatoms. The molecule has 0 aliphatic heterocycles. The molecule has 1 rings (SSSR count). The number of ketones is 1. The van der Waals surface area contributed by atoms with Gasteiger partial charge in [0, 0.05) is 19.3 Å². The first-order chi connectivity index (χ1) is 9.52. The van der Waals surface area contributed by atoms with Crippen molar-refractivity contribution in [2.75, 3.05) is 14.2 Å². The van der Waals surface area contributed by atoms with Gasteiger partial charge in [0.25, 0.3) is 0 Å². The molecule has 0 spiro atoms. The number of rotatable bonds is 4. The summed E-state index contributed by atoms with van der Waals surface area (Å²) in [5, 5.41) is 0. The Morgan fingerprint density at radius 3 is 2.35 bits per heavy atom. The number of esters is 2. The minimum atomic E-state index is -1.50. The monoisotopic (exact) mass is 280 g/mol. The van der Waals surface area contributed by atoms with Crippen molar-refractivity contribution in [3.05, 3.63) is 0 Å². The zero-order valence-electron chi connectivity index (χ0n) is 12.2. The van der Waals surface area contributed by atoms with Crippen LogP contribution < -0.4 is 0 Å². The van der Waals surface area contributed by atoms with Gasteiger partial charge in [-0.15, -0.1) is 11.8 Å². The highest BCUT2D eigenvalue weighted by atomic mass is 16.5. The molecule has 1 aliphatic rings. The summed E-state index contributed by atoms with van der Waals surface area (Å²) in [6.45, 7) is 1.63. The van der Waals surface area contributed by atoms with Crippen LogP contribution in [0.2, 0.25) is 0 Å². The van der Waals surface area contributed by atoms with E-state index >= 15 is 0 Å². The van der Waals surface area contributed by atoms with Gasteiger partial charge in [-0.05, 0) is 25.7 Å². The average Bonchev–Trinajstić information content (AvgIpc) is 2.47. The zero-order chi connectivity index (χ0) is 15.2. The molecule has 1 unspecified atom stereocenters. The third-order valence-electron chi connectivity index (χ3n) is 3.82. The number of carbonyl (C=O) groups excluding carboxylic acids is 3. The molecule has 1 aliphatic carbocycles. The Kier molecular flexibility index (Phi) is 5.75. The minimum Gasteiger partial charge on any atom is -0.468 e. The second-order valence-corrected chi connectivity index (χ2v) is 4.89. The SMILES string of the molecule is CC#CCC(C(=O)OC)(C(=O)OC)C1CCCC(=O)C1. The second kappa shape index (κ2) is 7.09. The summed E-state index contributed by atoms with van der Waals surface area (Å²) in [5.74, 6) is 3.75. The summed E-state index contributed by atoms with van der Waals surface area (Å²) >= 11 is 0. The molecule has 20 heavy (non-hydrogen) atoms. The van der Waals surface area contributed by atoms with Crippen molar-refractivity contribution in [2.24, 2.45) is 11.3 Å². The molecular weight excluding hydrogens is 260 g/mol. The van der Waals surface area contributed by atoms with Crippen LogP contribution in [0.25, 0.3) is 0 Å². The Hall–Kier alpha value is -1.83. The maximum Gasteiger partial charge on any atom is 0.324 e. The number of methoxy groups -OCH3 is 2. The van der Waals surface area contributed by atoms with Crippen molar-refractivity contribution in [1.29, 1.82) is 0 Å². The number of carbonyl (C=O) groups is 3. The summed E-state index contributed by atoms with van der Waals surface area (Å²) in [5.41, 5.74) is -1.50. The van der Waals surface area contributed by atoms with Crippen molar-refractivity contribution in [3.63, 3.8) is 0 Å². The lowest BCUT2D eigenvalue weighted by Gasteiger charge is -2.36. The molecule has 0 aromatic rings. The predicted octanol–water partition coefficient (Wildman–Crippen LogP) is 1.49. The second-order valence-electron chi connectivity index (χ2n) is 4.89. The Balaban J connectivity index is 3.25. The van der Waals surface area contributed by atoms with Gasteiger partial charge in [-0.2, -0.15) is 0 Å². The first kappa shape index (κ1) is 16.2. The summed E-state index contributed by atoms with van der Waals surface area (Å²) in [7, 11) is 2.45. The topological polar surface area (TPSA) is 69.7 Å². The van der Waals surface area contributed by atoms with Crippen LogP contribution in [0.5, 0.6) is 0 Å². The van der Waals surface area contributed by atoms with Crippen LogP contribution in [-0.4, -0.2) is 31.9 Å². The van der Waals surface area contributed by atoms with Gasteiger partial charge in [0.1, 0.15) is 5.78 Å². The van der Waals surface area contributed by atoms with Crippen LogP contribution in [0.4, 0.5) is 0 Å². The third kappa shape index (κ3) is 3.01. The third-order valence-corrected chi connectivity index (χ3v) is 3.82. The van der Waals surface area contributed by atoms with E-state index in [1.54, 1.807) is 6.92 Å². The Morgan fingerprint density at radius 1 is 1.30 bits per heavy atom. The van der Waals surface area contributed by atoms with Crippen LogP contribution in [0.1, 0.15) is 39.0 Å². The lowest BCUT2D eigenvalue weighted by molar-refractivity contribution is -0.174. The number of hydrogen-bond donors (Lipinski definition) is 0. The predicted molar refractivity (Wildman–Crippen MR) is 71.5 cm³/mol. The van der Waals surface area contributed by atoms with E-state index in [0.29, 0.717) is 19.3 Å². The number of ether oxygens (including phenoxy) is 2. The first-order valence-corrected chi connectivity index (χ1v) is 6.61.